The van der Waals surface area contributed by atoms with Gasteiger partial charge in [0, 0.05) is 12.2 Å². The van der Waals surface area contributed by atoms with Crippen molar-refractivity contribution >= 4 is 38.6 Å². The van der Waals surface area contributed by atoms with Gasteiger partial charge < -0.3 is 10.6 Å². The monoisotopic (exact) mass is 676 g/mol. The fourth-order valence-corrected chi connectivity index (χ4v) is 8.54. The third kappa shape index (κ3) is 5.11. The van der Waals surface area contributed by atoms with Crippen LogP contribution >= 0.6 is 0 Å². The lowest BCUT2D eigenvalue weighted by atomic mass is 9.82. The number of rotatable bonds is 7. The van der Waals surface area contributed by atoms with Crippen molar-refractivity contribution in [2.24, 2.45) is 0 Å². The summed E-state index contributed by atoms with van der Waals surface area (Å²) in [6, 6.07) is 70.0. The highest BCUT2D eigenvalue weighted by molar-refractivity contribution is 6.28. The molecule has 0 aliphatic heterocycles. The lowest BCUT2D eigenvalue weighted by Gasteiger charge is -2.27. The van der Waals surface area contributed by atoms with Crippen LogP contribution in [0.3, 0.4) is 0 Å². The zero-order valence-corrected chi connectivity index (χ0v) is 29.2. The number of para-hydroxylation sites is 3. The molecule has 1 aliphatic rings. The Morgan fingerprint density at radius 3 is 1.55 bits per heavy atom. The highest BCUT2D eigenvalue weighted by Crippen LogP contribution is 2.58. The van der Waals surface area contributed by atoms with E-state index in [-0.39, 0.29) is 0 Å². The Kier molecular flexibility index (Phi) is 7.40. The van der Waals surface area contributed by atoms with Gasteiger partial charge in [-0.2, -0.15) is 0 Å². The first kappa shape index (κ1) is 30.9. The van der Waals surface area contributed by atoms with Crippen molar-refractivity contribution in [3.05, 3.63) is 200 Å². The Bertz CT molecular complexity index is 2710. The van der Waals surface area contributed by atoms with Crippen LogP contribution in [-0.2, 0) is 6.54 Å². The van der Waals surface area contributed by atoms with Crippen LogP contribution in [0.25, 0.3) is 77.2 Å². The molecule has 2 nitrogen and oxygen atoms in total. The third-order valence-corrected chi connectivity index (χ3v) is 10.8. The average Bonchev–Trinajstić information content (AvgIpc) is 3.55. The fraction of sp³-hybridized carbons (Fsp3) is 0.0196. The number of anilines is 3. The van der Waals surface area contributed by atoms with E-state index in [1.807, 2.05) is 12.1 Å². The van der Waals surface area contributed by atoms with E-state index in [1.54, 1.807) is 0 Å². The maximum absolute atomic E-state index is 6.55. The van der Waals surface area contributed by atoms with E-state index in [1.165, 1.54) is 82.7 Å². The lowest BCUT2D eigenvalue weighted by molar-refractivity contribution is 0.977. The number of hydrogen-bond acceptors (Lipinski definition) is 2. The molecule has 0 saturated heterocycles. The summed E-state index contributed by atoms with van der Waals surface area (Å²) in [5.74, 6) is 0. The number of fused-ring (bicyclic) bond motifs is 4. The molecule has 0 spiro atoms. The number of nitrogen functional groups attached to an aromatic ring is 1. The standard InChI is InChI=1S/C51H36N2/c52-45-28-12-13-29-46(45)53(38-22-8-3-9-23-38)33-34-16-14-21-37(32-34)39-30-31-44-49-40(39)26-15-27-43(49)50-47(35-17-4-1-5-18-35)41-24-10-11-25-42(41)48(51(44)50)36-19-6-2-7-20-36/h1-32H,33,52H2. The maximum atomic E-state index is 6.55. The zero-order valence-electron chi connectivity index (χ0n) is 29.2. The van der Waals surface area contributed by atoms with Crippen molar-refractivity contribution in [3.8, 4) is 55.6 Å². The number of benzene rings is 9. The van der Waals surface area contributed by atoms with Crippen molar-refractivity contribution in [3.63, 3.8) is 0 Å². The Hall–Kier alpha value is -6.90. The van der Waals surface area contributed by atoms with Crippen molar-refractivity contribution in [1.29, 1.82) is 0 Å². The Labute approximate surface area is 310 Å². The van der Waals surface area contributed by atoms with Crippen LogP contribution in [0.1, 0.15) is 5.56 Å². The Balaban J connectivity index is 1.18. The molecule has 53 heavy (non-hydrogen) atoms. The second kappa shape index (κ2) is 12.7. The minimum atomic E-state index is 0.687. The van der Waals surface area contributed by atoms with E-state index < -0.39 is 0 Å². The molecule has 0 amide bonds. The second-order valence-corrected chi connectivity index (χ2v) is 13.8. The van der Waals surface area contributed by atoms with Gasteiger partial charge in [-0.25, -0.2) is 0 Å². The molecule has 10 rings (SSSR count). The molecule has 0 bridgehead atoms. The predicted octanol–water partition coefficient (Wildman–Crippen LogP) is 13.6. The number of hydrogen-bond donors (Lipinski definition) is 1. The molecule has 2 heteroatoms. The molecule has 9 aromatic carbocycles. The van der Waals surface area contributed by atoms with Crippen LogP contribution in [0.5, 0.6) is 0 Å². The van der Waals surface area contributed by atoms with Gasteiger partial charge in [0.1, 0.15) is 0 Å². The second-order valence-electron chi connectivity index (χ2n) is 13.8. The number of nitrogens with zero attached hydrogens (tertiary/aromatic N) is 1. The van der Waals surface area contributed by atoms with Gasteiger partial charge in [0.2, 0.25) is 0 Å². The first-order valence-electron chi connectivity index (χ1n) is 18.3. The Morgan fingerprint density at radius 2 is 0.887 bits per heavy atom. The van der Waals surface area contributed by atoms with Crippen molar-refractivity contribution in [1.82, 2.24) is 0 Å². The molecular weight excluding hydrogens is 641 g/mol. The van der Waals surface area contributed by atoms with Gasteiger partial charge in [0.05, 0.1) is 11.4 Å². The van der Waals surface area contributed by atoms with Gasteiger partial charge >= 0.3 is 0 Å². The molecule has 250 valence electrons. The molecular formula is C51H36N2. The highest BCUT2D eigenvalue weighted by atomic mass is 15.1. The molecule has 1 aliphatic carbocycles. The normalized spacial score (nSPS) is 11.5. The SMILES string of the molecule is Nc1ccccc1N(Cc1cccc(-c2ccc3c4c(cccc24)-c2c-3c(-c3ccccc3)c3ccccc3c2-c2ccccc2)c1)c1ccccc1. The van der Waals surface area contributed by atoms with Gasteiger partial charge in [-0.3, -0.25) is 0 Å². The van der Waals surface area contributed by atoms with E-state index in [4.69, 9.17) is 5.73 Å². The van der Waals surface area contributed by atoms with Crippen LogP contribution in [0.15, 0.2) is 194 Å². The summed E-state index contributed by atoms with van der Waals surface area (Å²) in [6.07, 6.45) is 0. The minimum absolute atomic E-state index is 0.687. The molecule has 0 unspecified atom stereocenters. The van der Waals surface area contributed by atoms with Gasteiger partial charge in [0.15, 0.2) is 0 Å². The van der Waals surface area contributed by atoms with Crippen molar-refractivity contribution in [2.75, 3.05) is 10.6 Å². The van der Waals surface area contributed by atoms with Crippen LogP contribution in [-0.4, -0.2) is 0 Å². The summed E-state index contributed by atoms with van der Waals surface area (Å²) in [5.41, 5.74) is 23.4. The molecule has 0 aromatic heterocycles. The molecule has 0 atom stereocenters. The van der Waals surface area contributed by atoms with Crippen LogP contribution in [0.4, 0.5) is 17.1 Å². The smallest absolute Gasteiger partial charge is 0.0647 e. The fourth-order valence-electron chi connectivity index (χ4n) is 8.54. The van der Waals surface area contributed by atoms with E-state index in [0.29, 0.717) is 6.54 Å². The zero-order chi connectivity index (χ0) is 35.3. The van der Waals surface area contributed by atoms with Crippen LogP contribution in [0.2, 0.25) is 0 Å². The van der Waals surface area contributed by atoms with Crippen LogP contribution in [0, 0.1) is 0 Å². The summed E-state index contributed by atoms with van der Waals surface area (Å²) in [7, 11) is 0. The van der Waals surface area contributed by atoms with Crippen molar-refractivity contribution in [2.45, 2.75) is 6.54 Å². The molecule has 0 radical (unpaired) electrons. The Morgan fingerprint density at radius 1 is 0.377 bits per heavy atom. The third-order valence-electron chi connectivity index (χ3n) is 10.8. The van der Waals surface area contributed by atoms with Gasteiger partial charge in [-0.05, 0) is 113 Å². The quantitative estimate of drug-likeness (QED) is 0.170. The summed E-state index contributed by atoms with van der Waals surface area (Å²) in [5, 5.41) is 5.13. The van der Waals surface area contributed by atoms with Gasteiger partial charge in [0.25, 0.3) is 0 Å². The maximum Gasteiger partial charge on any atom is 0.0647 e. The molecule has 9 aromatic rings. The highest BCUT2D eigenvalue weighted by Gasteiger charge is 2.31. The van der Waals surface area contributed by atoms with Gasteiger partial charge in [-0.15, -0.1) is 0 Å². The largest absolute Gasteiger partial charge is 0.397 e. The van der Waals surface area contributed by atoms with E-state index in [9.17, 15) is 0 Å². The molecule has 0 fully saturated rings. The molecule has 0 heterocycles. The molecule has 2 N–H and O–H groups in total. The summed E-state index contributed by atoms with van der Waals surface area (Å²) in [6.45, 7) is 0.687. The topological polar surface area (TPSA) is 29.3 Å². The lowest BCUT2D eigenvalue weighted by Crippen LogP contribution is -2.17. The van der Waals surface area contributed by atoms with E-state index >= 15 is 0 Å². The summed E-state index contributed by atoms with van der Waals surface area (Å²) < 4.78 is 0. The first-order chi connectivity index (χ1) is 26.2. The predicted molar refractivity (Wildman–Crippen MR) is 225 cm³/mol. The van der Waals surface area contributed by atoms with Crippen LogP contribution < -0.4 is 10.6 Å². The minimum Gasteiger partial charge on any atom is -0.397 e. The molecule has 0 saturated carbocycles. The average molecular weight is 677 g/mol. The summed E-state index contributed by atoms with van der Waals surface area (Å²) >= 11 is 0. The van der Waals surface area contributed by atoms with E-state index in [2.05, 4.69) is 187 Å². The van der Waals surface area contributed by atoms with E-state index in [0.717, 1.165) is 17.1 Å². The van der Waals surface area contributed by atoms with Crippen molar-refractivity contribution < 1.29 is 0 Å². The number of nitrogens with two attached hydrogens (primary N) is 1. The summed E-state index contributed by atoms with van der Waals surface area (Å²) in [4.78, 5) is 2.31. The van der Waals surface area contributed by atoms with Gasteiger partial charge in [-0.1, -0.05) is 164 Å². The first-order valence-corrected chi connectivity index (χ1v) is 18.3.